The second-order valence-corrected chi connectivity index (χ2v) is 10.5. The van der Waals surface area contributed by atoms with E-state index in [1.807, 2.05) is 48.5 Å². The Morgan fingerprint density at radius 1 is 1.05 bits per heavy atom. The second-order valence-electron chi connectivity index (χ2n) is 10.5. The van der Waals surface area contributed by atoms with Gasteiger partial charge in [0, 0.05) is 18.0 Å². The molecule has 2 aromatic carbocycles. The fourth-order valence-corrected chi connectivity index (χ4v) is 5.43. The van der Waals surface area contributed by atoms with Gasteiger partial charge >= 0.3 is 5.76 Å². The first-order chi connectivity index (χ1) is 19.4. The van der Waals surface area contributed by atoms with E-state index in [1.54, 1.807) is 11.5 Å². The second kappa shape index (κ2) is 12.3. The van der Waals surface area contributed by atoms with Crippen LogP contribution in [0, 0.1) is 6.92 Å². The number of benzene rings is 2. The topological polar surface area (TPSA) is 123 Å². The fourth-order valence-electron chi connectivity index (χ4n) is 5.43. The van der Waals surface area contributed by atoms with Gasteiger partial charge < -0.3 is 5.32 Å². The highest BCUT2D eigenvalue weighted by atomic mass is 16.5. The molecular weight excluding hydrogens is 506 g/mol. The number of nitrogens with one attached hydrogen (secondary N) is 2. The molecule has 1 saturated carbocycles. The van der Waals surface area contributed by atoms with E-state index in [0.717, 1.165) is 60.8 Å². The lowest BCUT2D eigenvalue weighted by Gasteiger charge is -2.23. The van der Waals surface area contributed by atoms with Crippen LogP contribution in [0.1, 0.15) is 79.3 Å². The molecule has 1 aliphatic rings. The predicted octanol–water partition coefficient (Wildman–Crippen LogP) is 5.02. The number of unbranched alkanes of at least 4 members (excludes halogenated alkanes) is 1. The first-order valence-corrected chi connectivity index (χ1v) is 14.1. The van der Waals surface area contributed by atoms with Crippen LogP contribution in [-0.4, -0.2) is 31.6 Å². The van der Waals surface area contributed by atoms with Crippen molar-refractivity contribution in [1.29, 1.82) is 0 Å². The van der Waals surface area contributed by atoms with E-state index in [2.05, 4.69) is 22.4 Å². The van der Waals surface area contributed by atoms with Crippen molar-refractivity contribution in [2.45, 2.75) is 77.8 Å². The third kappa shape index (κ3) is 5.98. The van der Waals surface area contributed by atoms with Crippen LogP contribution in [0.4, 0.5) is 0 Å². The van der Waals surface area contributed by atoms with Gasteiger partial charge in [0.1, 0.15) is 11.4 Å². The van der Waals surface area contributed by atoms with Crippen molar-refractivity contribution in [1.82, 2.24) is 25.0 Å². The quantitative estimate of drug-likeness (QED) is 0.307. The molecule has 2 aromatic heterocycles. The van der Waals surface area contributed by atoms with Crippen molar-refractivity contribution in [2.75, 3.05) is 0 Å². The van der Waals surface area contributed by atoms with Crippen molar-refractivity contribution < 1.29 is 9.32 Å². The maximum Gasteiger partial charge on any atom is 0.439 e. The van der Waals surface area contributed by atoms with Crippen molar-refractivity contribution >= 4 is 5.91 Å². The van der Waals surface area contributed by atoms with Gasteiger partial charge in [-0.15, -0.1) is 0 Å². The summed E-state index contributed by atoms with van der Waals surface area (Å²) in [6, 6.07) is 15.6. The number of rotatable bonds is 9. The zero-order chi connectivity index (χ0) is 28.1. The Morgan fingerprint density at radius 3 is 2.45 bits per heavy atom. The fraction of sp³-hybridized carbons (Fsp3) is 0.387. The van der Waals surface area contributed by atoms with Crippen LogP contribution >= 0.6 is 0 Å². The van der Waals surface area contributed by atoms with Gasteiger partial charge in [0.2, 0.25) is 0 Å². The number of hydrogen-bond acceptors (Lipinski definition) is 6. The standard InChI is InChI=1S/C31H35N5O4/c1-3-4-14-26-32-20(2)27(29(37)33-23-10-6-5-7-11-23)30(38)36(26)19-21-15-17-22(18-16-21)24-12-8-9-13-25(24)28-34-31(39)40-35-28/h8-9,12-13,15-18,23H,3-7,10-11,14,19H2,1-2H3,(H,33,37)(H,34,35,39). The highest BCUT2D eigenvalue weighted by Gasteiger charge is 2.23. The highest BCUT2D eigenvalue weighted by molar-refractivity contribution is 5.95. The number of H-pyrrole nitrogens is 1. The van der Waals surface area contributed by atoms with E-state index in [1.165, 1.54) is 6.42 Å². The SMILES string of the molecule is CCCCc1nc(C)c(C(=O)NC2CCCCC2)c(=O)n1Cc1ccc(-c2ccccc2-c2noc(=O)[nH]2)cc1. The monoisotopic (exact) mass is 541 g/mol. The molecule has 40 heavy (non-hydrogen) atoms. The van der Waals surface area contributed by atoms with Crippen molar-refractivity contribution in [2.24, 2.45) is 0 Å². The minimum atomic E-state index is -0.608. The first kappa shape index (κ1) is 27.3. The van der Waals surface area contributed by atoms with Gasteiger partial charge in [-0.05, 0) is 42.9 Å². The molecule has 2 heterocycles. The summed E-state index contributed by atoms with van der Waals surface area (Å²) >= 11 is 0. The van der Waals surface area contributed by atoms with E-state index in [9.17, 15) is 14.4 Å². The largest absolute Gasteiger partial charge is 0.439 e. The molecule has 208 valence electrons. The molecule has 0 aliphatic heterocycles. The van der Waals surface area contributed by atoms with E-state index in [4.69, 9.17) is 9.51 Å². The lowest BCUT2D eigenvalue weighted by atomic mass is 9.95. The maximum absolute atomic E-state index is 13.8. The van der Waals surface area contributed by atoms with Crippen molar-refractivity contribution in [3.8, 4) is 22.5 Å². The normalized spacial score (nSPS) is 13.8. The molecule has 4 aromatic rings. The average Bonchev–Trinajstić information content (AvgIpc) is 3.40. The molecule has 1 amide bonds. The molecule has 5 rings (SSSR count). The van der Waals surface area contributed by atoms with Crippen LogP contribution in [0.3, 0.4) is 0 Å². The molecule has 0 atom stereocenters. The summed E-state index contributed by atoms with van der Waals surface area (Å²) in [6.45, 7) is 4.17. The molecule has 9 heteroatoms. The van der Waals surface area contributed by atoms with Gasteiger partial charge in [0.15, 0.2) is 5.82 Å². The lowest BCUT2D eigenvalue weighted by Crippen LogP contribution is -2.41. The summed E-state index contributed by atoms with van der Waals surface area (Å²) in [5.41, 5.74) is 3.80. The third-order valence-electron chi connectivity index (χ3n) is 7.58. The third-order valence-corrected chi connectivity index (χ3v) is 7.58. The van der Waals surface area contributed by atoms with Gasteiger partial charge in [-0.3, -0.25) is 23.7 Å². The summed E-state index contributed by atoms with van der Waals surface area (Å²) in [5, 5.41) is 6.93. The lowest BCUT2D eigenvalue weighted by molar-refractivity contribution is 0.0924. The maximum atomic E-state index is 13.8. The van der Waals surface area contributed by atoms with Gasteiger partial charge in [-0.2, -0.15) is 0 Å². The Labute approximate surface area is 232 Å². The Kier molecular flexibility index (Phi) is 8.38. The number of aryl methyl sites for hydroxylation is 2. The van der Waals surface area contributed by atoms with Gasteiger partial charge in [0.05, 0.1) is 12.2 Å². The van der Waals surface area contributed by atoms with Crippen LogP contribution in [0.2, 0.25) is 0 Å². The Hall–Kier alpha value is -4.27. The number of carbonyl (C=O) groups is 1. The zero-order valence-electron chi connectivity index (χ0n) is 23.0. The predicted molar refractivity (Wildman–Crippen MR) is 153 cm³/mol. The van der Waals surface area contributed by atoms with Crippen LogP contribution in [0.15, 0.2) is 62.6 Å². The van der Waals surface area contributed by atoms with E-state index >= 15 is 0 Å². The average molecular weight is 542 g/mol. The molecule has 1 fully saturated rings. The van der Waals surface area contributed by atoms with Crippen LogP contribution in [0.25, 0.3) is 22.5 Å². The Morgan fingerprint density at radius 2 is 1.77 bits per heavy atom. The van der Waals surface area contributed by atoms with E-state index < -0.39 is 5.76 Å². The first-order valence-electron chi connectivity index (χ1n) is 14.1. The Bertz CT molecular complexity index is 1590. The number of hydrogen-bond donors (Lipinski definition) is 2. The number of aromatic amines is 1. The van der Waals surface area contributed by atoms with E-state index in [-0.39, 0.29) is 23.1 Å². The number of aromatic nitrogens is 4. The smallest absolute Gasteiger partial charge is 0.349 e. The van der Waals surface area contributed by atoms with E-state index in [0.29, 0.717) is 30.3 Å². The highest BCUT2D eigenvalue weighted by Crippen LogP contribution is 2.30. The number of nitrogens with zero attached hydrogens (tertiary/aromatic N) is 3. The molecule has 0 radical (unpaired) electrons. The molecule has 0 spiro atoms. The molecule has 0 unspecified atom stereocenters. The minimum absolute atomic E-state index is 0.110. The number of carbonyl (C=O) groups excluding carboxylic acids is 1. The summed E-state index contributed by atoms with van der Waals surface area (Å²) in [7, 11) is 0. The van der Waals surface area contributed by atoms with Crippen molar-refractivity contribution in [3.63, 3.8) is 0 Å². The zero-order valence-corrected chi connectivity index (χ0v) is 23.0. The molecule has 2 N–H and O–H groups in total. The van der Waals surface area contributed by atoms with Crippen LogP contribution in [0.5, 0.6) is 0 Å². The van der Waals surface area contributed by atoms with Gasteiger partial charge in [-0.1, -0.05) is 86.3 Å². The summed E-state index contributed by atoms with van der Waals surface area (Å²) < 4.78 is 6.35. The molecule has 1 aliphatic carbocycles. The van der Waals surface area contributed by atoms with Gasteiger partial charge in [0.25, 0.3) is 11.5 Å². The van der Waals surface area contributed by atoms with Gasteiger partial charge in [-0.25, -0.2) is 9.78 Å². The minimum Gasteiger partial charge on any atom is -0.349 e. The molecule has 0 saturated heterocycles. The van der Waals surface area contributed by atoms with Crippen LogP contribution in [-0.2, 0) is 13.0 Å². The van der Waals surface area contributed by atoms with Crippen LogP contribution < -0.4 is 16.6 Å². The summed E-state index contributed by atoms with van der Waals surface area (Å²) in [6.07, 6.45) is 7.82. The summed E-state index contributed by atoms with van der Waals surface area (Å²) in [4.78, 5) is 45.9. The molecule has 9 nitrogen and oxygen atoms in total. The molecule has 0 bridgehead atoms. The van der Waals surface area contributed by atoms with Crippen molar-refractivity contribution in [3.05, 3.63) is 92.1 Å². The Balaban J connectivity index is 1.45. The summed E-state index contributed by atoms with van der Waals surface area (Å²) in [5.74, 6) is 0.128. The number of amides is 1. The molecular formula is C31H35N5O4.